The van der Waals surface area contributed by atoms with Crippen molar-refractivity contribution in [3.05, 3.63) is 18.2 Å². The summed E-state index contributed by atoms with van der Waals surface area (Å²) in [6.45, 7) is 4.75. The highest BCUT2D eigenvalue weighted by atomic mass is 16.5. The Balaban J connectivity index is 2.47. The predicted molar refractivity (Wildman–Crippen MR) is 72.0 cm³/mol. The van der Waals surface area contributed by atoms with Crippen LogP contribution in [0, 0.1) is 0 Å². The number of nitrogens with two attached hydrogens (primary N) is 1. The molecule has 1 rings (SSSR count). The van der Waals surface area contributed by atoms with Crippen LogP contribution >= 0.6 is 0 Å². The average Bonchev–Trinajstić information content (AvgIpc) is 2.34. The van der Waals surface area contributed by atoms with Gasteiger partial charge in [-0.3, -0.25) is 0 Å². The number of hydrogen-bond donors (Lipinski definition) is 3. The molecule has 1 aromatic rings. The number of rotatable bonds is 7. The van der Waals surface area contributed by atoms with Crippen LogP contribution in [0.15, 0.2) is 18.2 Å². The van der Waals surface area contributed by atoms with Crippen molar-refractivity contribution in [1.29, 1.82) is 0 Å². The maximum atomic E-state index is 9.72. The molecule has 0 aliphatic heterocycles. The van der Waals surface area contributed by atoms with E-state index < -0.39 is 6.10 Å². The summed E-state index contributed by atoms with van der Waals surface area (Å²) in [5, 5.41) is 12.9. The van der Waals surface area contributed by atoms with E-state index in [-0.39, 0.29) is 6.61 Å². The van der Waals surface area contributed by atoms with Crippen LogP contribution in [0.5, 0.6) is 11.5 Å². The van der Waals surface area contributed by atoms with Crippen molar-refractivity contribution in [2.45, 2.75) is 26.0 Å². The van der Waals surface area contributed by atoms with Crippen LogP contribution in [0.2, 0.25) is 0 Å². The van der Waals surface area contributed by atoms with E-state index in [0.29, 0.717) is 29.8 Å². The zero-order valence-corrected chi connectivity index (χ0v) is 11.1. The number of methoxy groups -OCH3 is 1. The topological polar surface area (TPSA) is 76.7 Å². The van der Waals surface area contributed by atoms with Crippen LogP contribution in [0.1, 0.15) is 13.8 Å². The van der Waals surface area contributed by atoms with Crippen LogP contribution in [-0.4, -0.2) is 37.5 Å². The van der Waals surface area contributed by atoms with Crippen molar-refractivity contribution in [2.24, 2.45) is 0 Å². The second-order valence-corrected chi connectivity index (χ2v) is 4.44. The summed E-state index contributed by atoms with van der Waals surface area (Å²) in [7, 11) is 1.55. The number of ether oxygens (including phenoxy) is 2. The summed E-state index contributed by atoms with van der Waals surface area (Å²) in [5.41, 5.74) is 6.26. The Hall–Kier alpha value is -1.46. The summed E-state index contributed by atoms with van der Waals surface area (Å²) in [5.74, 6) is 1.15. The van der Waals surface area contributed by atoms with Gasteiger partial charge < -0.3 is 25.6 Å². The molecule has 0 amide bonds. The van der Waals surface area contributed by atoms with Crippen LogP contribution in [0.3, 0.4) is 0 Å². The molecular formula is C13H22N2O3. The van der Waals surface area contributed by atoms with Crippen molar-refractivity contribution in [1.82, 2.24) is 5.32 Å². The third-order valence-corrected chi connectivity index (χ3v) is 2.38. The Morgan fingerprint density at radius 3 is 2.67 bits per heavy atom. The zero-order chi connectivity index (χ0) is 13.5. The molecule has 0 fully saturated rings. The van der Waals surface area contributed by atoms with Gasteiger partial charge in [-0.1, -0.05) is 13.8 Å². The Labute approximate surface area is 108 Å². The van der Waals surface area contributed by atoms with Gasteiger partial charge in [-0.15, -0.1) is 0 Å². The zero-order valence-electron chi connectivity index (χ0n) is 11.1. The summed E-state index contributed by atoms with van der Waals surface area (Å²) >= 11 is 0. The smallest absolute Gasteiger partial charge is 0.162 e. The number of anilines is 1. The van der Waals surface area contributed by atoms with Crippen molar-refractivity contribution in [3.8, 4) is 11.5 Å². The average molecular weight is 254 g/mol. The molecule has 102 valence electrons. The molecule has 0 aliphatic carbocycles. The lowest BCUT2D eigenvalue weighted by Gasteiger charge is -2.16. The van der Waals surface area contributed by atoms with Gasteiger partial charge in [-0.25, -0.2) is 0 Å². The fraction of sp³-hybridized carbons (Fsp3) is 0.538. The van der Waals surface area contributed by atoms with Crippen LogP contribution in [0.4, 0.5) is 5.69 Å². The standard InChI is InChI=1S/C13H22N2O3/c1-9(2)15-7-11(16)8-18-12-5-4-10(14)6-13(12)17-3/h4-6,9,11,15-16H,7-8,14H2,1-3H3. The van der Waals surface area contributed by atoms with E-state index in [1.54, 1.807) is 25.3 Å². The minimum absolute atomic E-state index is 0.208. The number of nitrogens with one attached hydrogen (secondary N) is 1. The second kappa shape index (κ2) is 7.08. The summed E-state index contributed by atoms with van der Waals surface area (Å²) in [4.78, 5) is 0. The molecular weight excluding hydrogens is 232 g/mol. The first-order valence-corrected chi connectivity index (χ1v) is 6.00. The van der Waals surface area contributed by atoms with Crippen LogP contribution in [0.25, 0.3) is 0 Å². The Bertz CT molecular complexity index is 369. The number of hydrogen-bond acceptors (Lipinski definition) is 5. The van der Waals surface area contributed by atoms with Gasteiger partial charge in [-0.05, 0) is 12.1 Å². The van der Waals surface area contributed by atoms with E-state index in [1.165, 1.54) is 0 Å². The molecule has 18 heavy (non-hydrogen) atoms. The Morgan fingerprint density at radius 2 is 2.06 bits per heavy atom. The minimum atomic E-state index is -0.561. The molecule has 0 spiro atoms. The molecule has 0 heterocycles. The van der Waals surface area contributed by atoms with Crippen molar-refractivity contribution in [3.63, 3.8) is 0 Å². The van der Waals surface area contributed by atoms with E-state index in [0.717, 1.165) is 0 Å². The fourth-order valence-corrected chi connectivity index (χ4v) is 1.42. The SMILES string of the molecule is COc1cc(N)ccc1OCC(O)CNC(C)C. The lowest BCUT2D eigenvalue weighted by Crippen LogP contribution is -2.35. The van der Waals surface area contributed by atoms with E-state index in [2.05, 4.69) is 5.32 Å². The monoisotopic (exact) mass is 254 g/mol. The van der Waals surface area contributed by atoms with Gasteiger partial charge in [0, 0.05) is 24.3 Å². The van der Waals surface area contributed by atoms with Gasteiger partial charge in [0.25, 0.3) is 0 Å². The Kier molecular flexibility index (Phi) is 5.74. The first-order chi connectivity index (χ1) is 8.52. The highest BCUT2D eigenvalue weighted by Crippen LogP contribution is 2.28. The molecule has 0 saturated heterocycles. The number of nitrogen functional groups attached to an aromatic ring is 1. The first-order valence-electron chi connectivity index (χ1n) is 6.00. The molecule has 0 bridgehead atoms. The minimum Gasteiger partial charge on any atom is -0.493 e. The predicted octanol–water partition coefficient (Wildman–Crippen LogP) is 1.02. The van der Waals surface area contributed by atoms with Crippen molar-refractivity contribution in [2.75, 3.05) is 26.0 Å². The maximum absolute atomic E-state index is 9.72. The van der Waals surface area contributed by atoms with E-state index in [9.17, 15) is 5.11 Å². The first kappa shape index (κ1) is 14.6. The van der Waals surface area contributed by atoms with Gasteiger partial charge in [0.2, 0.25) is 0 Å². The van der Waals surface area contributed by atoms with E-state index in [4.69, 9.17) is 15.2 Å². The van der Waals surface area contributed by atoms with Gasteiger partial charge in [0.05, 0.1) is 7.11 Å². The van der Waals surface area contributed by atoms with E-state index in [1.807, 2.05) is 13.8 Å². The molecule has 4 N–H and O–H groups in total. The molecule has 0 aliphatic rings. The van der Waals surface area contributed by atoms with Crippen LogP contribution < -0.4 is 20.5 Å². The summed E-state index contributed by atoms with van der Waals surface area (Å²) in [6, 6.07) is 5.49. The molecule has 1 unspecified atom stereocenters. The molecule has 0 aromatic heterocycles. The van der Waals surface area contributed by atoms with Gasteiger partial charge in [0.1, 0.15) is 12.7 Å². The van der Waals surface area contributed by atoms with Gasteiger partial charge in [-0.2, -0.15) is 0 Å². The molecule has 1 aromatic carbocycles. The highest BCUT2D eigenvalue weighted by Gasteiger charge is 2.09. The highest BCUT2D eigenvalue weighted by molar-refractivity contribution is 5.51. The lowest BCUT2D eigenvalue weighted by molar-refractivity contribution is 0.103. The largest absolute Gasteiger partial charge is 0.493 e. The maximum Gasteiger partial charge on any atom is 0.162 e. The molecule has 0 radical (unpaired) electrons. The van der Waals surface area contributed by atoms with Crippen molar-refractivity contribution >= 4 is 5.69 Å². The number of aliphatic hydroxyl groups excluding tert-OH is 1. The molecule has 0 saturated carbocycles. The summed E-state index contributed by atoms with van der Waals surface area (Å²) < 4.78 is 10.7. The van der Waals surface area contributed by atoms with E-state index >= 15 is 0 Å². The molecule has 1 atom stereocenters. The summed E-state index contributed by atoms with van der Waals surface area (Å²) in [6.07, 6.45) is -0.561. The fourth-order valence-electron chi connectivity index (χ4n) is 1.42. The van der Waals surface area contributed by atoms with Crippen molar-refractivity contribution < 1.29 is 14.6 Å². The van der Waals surface area contributed by atoms with Crippen LogP contribution in [-0.2, 0) is 0 Å². The lowest BCUT2D eigenvalue weighted by atomic mass is 10.3. The normalized spacial score (nSPS) is 12.5. The quantitative estimate of drug-likeness (QED) is 0.633. The Morgan fingerprint density at radius 1 is 1.33 bits per heavy atom. The molecule has 5 nitrogen and oxygen atoms in total. The number of benzene rings is 1. The third-order valence-electron chi connectivity index (χ3n) is 2.38. The van der Waals surface area contributed by atoms with Gasteiger partial charge >= 0.3 is 0 Å². The molecule has 5 heteroatoms. The third kappa shape index (κ3) is 4.81. The number of aliphatic hydroxyl groups is 1. The van der Waals surface area contributed by atoms with Gasteiger partial charge in [0.15, 0.2) is 11.5 Å². The second-order valence-electron chi connectivity index (χ2n) is 4.44.